The van der Waals surface area contributed by atoms with Crippen LogP contribution in [-0.2, 0) is 0 Å². The third-order valence-electron chi connectivity index (χ3n) is 8.74. The van der Waals surface area contributed by atoms with Crippen LogP contribution in [0.5, 0.6) is 0 Å². The lowest BCUT2D eigenvalue weighted by Crippen LogP contribution is -1.95. The van der Waals surface area contributed by atoms with E-state index in [1.54, 1.807) is 12.1 Å². The molecular weight excluding hydrogens is 585 g/mol. The molecule has 8 rings (SSSR count). The molecule has 0 atom stereocenters. The average molecular weight is 611 g/mol. The molecule has 0 amide bonds. The van der Waals surface area contributed by atoms with Crippen molar-refractivity contribution >= 4 is 21.7 Å². The Morgan fingerprint density at radius 3 is 1.94 bits per heavy atom. The van der Waals surface area contributed by atoms with Crippen molar-refractivity contribution in [2.24, 2.45) is 0 Å². The van der Waals surface area contributed by atoms with Crippen molar-refractivity contribution in [1.82, 2.24) is 9.97 Å². The summed E-state index contributed by atoms with van der Waals surface area (Å²) in [6.45, 7) is 0. The van der Waals surface area contributed by atoms with Crippen molar-refractivity contribution in [1.29, 1.82) is 10.5 Å². The van der Waals surface area contributed by atoms with Gasteiger partial charge in [-0.1, -0.05) is 121 Å². The Balaban J connectivity index is 1.22. The van der Waals surface area contributed by atoms with Crippen LogP contribution in [0.1, 0.15) is 11.1 Å². The molecule has 0 bridgehead atoms. The minimum atomic E-state index is 0.475. The topological polar surface area (TPSA) is 73.4 Å². The van der Waals surface area contributed by atoms with E-state index in [0.717, 1.165) is 71.9 Å². The molecule has 0 radical (unpaired) electrons. The monoisotopic (exact) mass is 610 g/mol. The van der Waals surface area contributed by atoms with Gasteiger partial charge in [-0.15, -0.1) is 0 Å². The van der Waals surface area contributed by atoms with Crippen LogP contribution >= 0.6 is 0 Å². The summed E-state index contributed by atoms with van der Waals surface area (Å²) in [5, 5.41) is 22.3. The number of nitriles is 2. The first kappa shape index (κ1) is 28.6. The zero-order valence-electron chi connectivity index (χ0n) is 25.8. The maximum Gasteiger partial charge on any atom is 0.160 e. The minimum absolute atomic E-state index is 0.475. The molecule has 0 saturated carbocycles. The molecular formula is C44H26N4. The summed E-state index contributed by atoms with van der Waals surface area (Å²) in [4.78, 5) is 10.1. The van der Waals surface area contributed by atoms with Gasteiger partial charge in [-0.05, 0) is 80.6 Å². The summed E-state index contributed by atoms with van der Waals surface area (Å²) in [5.41, 5.74) is 10.9. The molecule has 0 unspecified atom stereocenters. The van der Waals surface area contributed by atoms with Crippen LogP contribution < -0.4 is 0 Å². The maximum absolute atomic E-state index is 9.71. The fourth-order valence-electron chi connectivity index (χ4n) is 6.36. The molecule has 0 aliphatic rings. The number of benzene rings is 7. The lowest BCUT2D eigenvalue weighted by Gasteiger charge is -2.14. The van der Waals surface area contributed by atoms with Crippen LogP contribution in [0.15, 0.2) is 158 Å². The predicted octanol–water partition coefficient (Wildman–Crippen LogP) is 10.9. The van der Waals surface area contributed by atoms with Gasteiger partial charge in [0.1, 0.15) is 0 Å². The Morgan fingerprint density at radius 2 is 1.12 bits per heavy atom. The number of nitrogens with zero attached hydrogens (tertiary/aromatic N) is 4. The van der Waals surface area contributed by atoms with Crippen molar-refractivity contribution in [3.63, 3.8) is 0 Å². The molecule has 1 heterocycles. The van der Waals surface area contributed by atoms with Crippen molar-refractivity contribution in [2.45, 2.75) is 0 Å². The van der Waals surface area contributed by atoms with E-state index in [1.807, 2.05) is 54.6 Å². The van der Waals surface area contributed by atoms with Gasteiger partial charge >= 0.3 is 0 Å². The van der Waals surface area contributed by atoms with Crippen LogP contribution in [0, 0.1) is 22.7 Å². The first-order chi connectivity index (χ1) is 23.7. The SMILES string of the molecule is N#Cc1ccc(-c2ccc(-c3cc(-c4cccc(-c5nc(-c6ccccc6)c6ccccc6n5)c4)c4ccccc4c3)cc2)c(C#N)c1. The van der Waals surface area contributed by atoms with Gasteiger partial charge in [0, 0.05) is 16.5 Å². The third kappa shape index (κ3) is 5.24. The van der Waals surface area contributed by atoms with Gasteiger partial charge in [0.15, 0.2) is 5.82 Å². The van der Waals surface area contributed by atoms with Crippen LogP contribution in [0.25, 0.3) is 77.7 Å². The summed E-state index contributed by atoms with van der Waals surface area (Å²) in [6.07, 6.45) is 0. The molecule has 48 heavy (non-hydrogen) atoms. The van der Waals surface area contributed by atoms with Gasteiger partial charge in [-0.2, -0.15) is 10.5 Å². The van der Waals surface area contributed by atoms with E-state index < -0.39 is 0 Å². The Morgan fingerprint density at radius 1 is 0.417 bits per heavy atom. The Kier molecular flexibility index (Phi) is 7.23. The number of fused-ring (bicyclic) bond motifs is 2. The van der Waals surface area contributed by atoms with Gasteiger partial charge in [0.05, 0.1) is 34.5 Å². The summed E-state index contributed by atoms with van der Waals surface area (Å²) in [6, 6.07) is 57.7. The highest BCUT2D eigenvalue weighted by Gasteiger charge is 2.14. The first-order valence-electron chi connectivity index (χ1n) is 15.7. The number of aromatic nitrogens is 2. The zero-order valence-corrected chi connectivity index (χ0v) is 25.8. The smallest absolute Gasteiger partial charge is 0.160 e. The fraction of sp³-hybridized carbons (Fsp3) is 0. The highest BCUT2D eigenvalue weighted by atomic mass is 14.9. The molecule has 1 aromatic heterocycles. The first-order valence-corrected chi connectivity index (χ1v) is 15.7. The summed E-state index contributed by atoms with van der Waals surface area (Å²) >= 11 is 0. The molecule has 8 aromatic rings. The van der Waals surface area contributed by atoms with Gasteiger partial charge in [0.25, 0.3) is 0 Å². The second kappa shape index (κ2) is 12.1. The van der Waals surface area contributed by atoms with E-state index in [9.17, 15) is 10.5 Å². The normalized spacial score (nSPS) is 10.9. The van der Waals surface area contributed by atoms with Crippen LogP contribution in [0.3, 0.4) is 0 Å². The second-order valence-corrected chi connectivity index (χ2v) is 11.7. The lowest BCUT2D eigenvalue weighted by atomic mass is 9.91. The summed E-state index contributed by atoms with van der Waals surface area (Å²) < 4.78 is 0. The molecule has 0 aliphatic carbocycles. The minimum Gasteiger partial charge on any atom is -0.228 e. The number of hydrogen-bond donors (Lipinski definition) is 0. The zero-order chi connectivity index (χ0) is 32.5. The van der Waals surface area contributed by atoms with Gasteiger partial charge in [0.2, 0.25) is 0 Å². The van der Waals surface area contributed by atoms with Gasteiger partial charge in [-0.25, -0.2) is 9.97 Å². The average Bonchev–Trinajstić information content (AvgIpc) is 3.17. The molecule has 0 aliphatic heterocycles. The van der Waals surface area contributed by atoms with E-state index in [0.29, 0.717) is 17.0 Å². The number of rotatable bonds is 5. The molecule has 0 N–H and O–H groups in total. The van der Waals surface area contributed by atoms with E-state index in [2.05, 4.69) is 103 Å². The third-order valence-corrected chi connectivity index (χ3v) is 8.74. The van der Waals surface area contributed by atoms with Crippen LogP contribution in [0.4, 0.5) is 0 Å². The summed E-state index contributed by atoms with van der Waals surface area (Å²) in [7, 11) is 0. The number of hydrogen-bond acceptors (Lipinski definition) is 4. The molecule has 4 nitrogen and oxygen atoms in total. The lowest BCUT2D eigenvalue weighted by molar-refractivity contribution is 1.23. The molecule has 0 saturated heterocycles. The van der Waals surface area contributed by atoms with E-state index in [1.165, 1.54) is 0 Å². The molecule has 0 spiro atoms. The fourth-order valence-corrected chi connectivity index (χ4v) is 6.36. The Hall–Kier alpha value is -6.88. The van der Waals surface area contributed by atoms with E-state index in [-0.39, 0.29) is 0 Å². The highest BCUT2D eigenvalue weighted by molar-refractivity contribution is 6.01. The second-order valence-electron chi connectivity index (χ2n) is 11.7. The van der Waals surface area contributed by atoms with Crippen LogP contribution in [0.2, 0.25) is 0 Å². The van der Waals surface area contributed by atoms with Crippen molar-refractivity contribution in [3.8, 4) is 68.2 Å². The Labute approximate surface area is 278 Å². The van der Waals surface area contributed by atoms with Crippen molar-refractivity contribution < 1.29 is 0 Å². The van der Waals surface area contributed by atoms with E-state index >= 15 is 0 Å². The highest BCUT2D eigenvalue weighted by Crippen LogP contribution is 2.37. The predicted molar refractivity (Wildman–Crippen MR) is 194 cm³/mol. The van der Waals surface area contributed by atoms with Crippen molar-refractivity contribution in [3.05, 3.63) is 169 Å². The quantitative estimate of drug-likeness (QED) is 0.194. The standard InChI is InChI=1S/C44H26N4/c45-27-29-17-22-38(37(23-29)28-46)31-20-18-30(19-21-31)36-25-33-11-4-5-14-39(33)41(26-36)34-12-8-13-35(24-34)44-47-42-16-7-6-15-40(42)43(48-44)32-9-2-1-3-10-32/h1-26H. The molecule has 0 fully saturated rings. The Bertz CT molecular complexity index is 2570. The van der Waals surface area contributed by atoms with E-state index in [4.69, 9.17) is 9.97 Å². The van der Waals surface area contributed by atoms with Crippen LogP contribution in [-0.4, -0.2) is 9.97 Å². The maximum atomic E-state index is 9.71. The molecule has 222 valence electrons. The largest absolute Gasteiger partial charge is 0.228 e. The van der Waals surface area contributed by atoms with Gasteiger partial charge < -0.3 is 0 Å². The number of para-hydroxylation sites is 1. The molecule has 4 heteroatoms. The van der Waals surface area contributed by atoms with Crippen molar-refractivity contribution in [2.75, 3.05) is 0 Å². The van der Waals surface area contributed by atoms with Gasteiger partial charge in [-0.3, -0.25) is 0 Å². The summed E-state index contributed by atoms with van der Waals surface area (Å²) in [5.74, 6) is 0.685. The molecule has 7 aromatic carbocycles.